The van der Waals surface area contributed by atoms with Crippen LogP contribution in [0.3, 0.4) is 0 Å². The summed E-state index contributed by atoms with van der Waals surface area (Å²) in [5, 5.41) is 0.768. The Morgan fingerprint density at radius 2 is 2.17 bits per heavy atom. The van der Waals surface area contributed by atoms with Crippen molar-refractivity contribution in [3.05, 3.63) is 40.9 Å². The van der Waals surface area contributed by atoms with E-state index >= 15 is 0 Å². The van der Waals surface area contributed by atoms with Crippen molar-refractivity contribution in [3.8, 4) is 0 Å². The third-order valence-electron chi connectivity index (χ3n) is 1.47. The largest absolute Gasteiger partial charge is 0.381 e. The highest BCUT2D eigenvalue weighted by Gasteiger charge is 1.91. The Morgan fingerprint density at radius 3 is 2.83 bits per heavy atom. The minimum absolute atomic E-state index is 0.616. The lowest BCUT2D eigenvalue weighted by Crippen LogP contribution is -1.80. The topological polar surface area (TPSA) is 9.23 Å². The molecule has 0 aromatic heterocycles. The van der Waals surface area contributed by atoms with Gasteiger partial charge in [-0.1, -0.05) is 42.0 Å². The second kappa shape index (κ2) is 4.96. The molecule has 2 heteroatoms. The van der Waals surface area contributed by atoms with E-state index in [0.717, 1.165) is 10.6 Å². The predicted octanol–water partition coefficient (Wildman–Crippen LogP) is 3.00. The van der Waals surface area contributed by atoms with Crippen LogP contribution in [0.1, 0.15) is 5.56 Å². The van der Waals surface area contributed by atoms with Gasteiger partial charge in [0.05, 0.1) is 6.61 Å². The molecule has 12 heavy (non-hydrogen) atoms. The molecule has 0 saturated carbocycles. The molecule has 1 aromatic carbocycles. The summed E-state index contributed by atoms with van der Waals surface area (Å²) in [6, 6.07) is 7.71. The second-order valence-corrected chi connectivity index (χ2v) is 2.79. The number of methoxy groups -OCH3 is 1. The van der Waals surface area contributed by atoms with E-state index in [0.29, 0.717) is 6.61 Å². The normalized spacial score (nSPS) is 10.8. The standard InChI is InChI=1S/C10H11ClO/c1-12-8-4-6-9-5-2-3-7-10(9)11/h2-7H,8H2,1H3. The SMILES string of the molecule is COCC=Cc1ccccc1Cl. The zero-order chi connectivity index (χ0) is 8.81. The molecule has 0 saturated heterocycles. The number of ether oxygens (including phenoxy) is 1. The van der Waals surface area contributed by atoms with Gasteiger partial charge >= 0.3 is 0 Å². The Bertz CT molecular complexity index is 268. The number of benzene rings is 1. The van der Waals surface area contributed by atoms with Crippen LogP contribution in [-0.4, -0.2) is 13.7 Å². The van der Waals surface area contributed by atoms with Crippen LogP contribution in [0.15, 0.2) is 30.3 Å². The predicted molar refractivity (Wildman–Crippen MR) is 52.4 cm³/mol. The van der Waals surface area contributed by atoms with E-state index in [1.54, 1.807) is 7.11 Å². The van der Waals surface area contributed by atoms with Gasteiger partial charge in [-0.15, -0.1) is 0 Å². The smallest absolute Gasteiger partial charge is 0.0646 e. The molecule has 1 rings (SSSR count). The lowest BCUT2D eigenvalue weighted by atomic mass is 10.2. The Morgan fingerprint density at radius 1 is 1.42 bits per heavy atom. The van der Waals surface area contributed by atoms with Crippen LogP contribution >= 0.6 is 11.6 Å². The van der Waals surface area contributed by atoms with Crippen LogP contribution < -0.4 is 0 Å². The van der Waals surface area contributed by atoms with E-state index in [1.807, 2.05) is 36.4 Å². The van der Waals surface area contributed by atoms with Gasteiger partial charge in [0.1, 0.15) is 0 Å². The van der Waals surface area contributed by atoms with E-state index in [4.69, 9.17) is 16.3 Å². The van der Waals surface area contributed by atoms with E-state index in [2.05, 4.69) is 0 Å². The molecule has 0 spiro atoms. The first-order valence-corrected chi connectivity index (χ1v) is 4.12. The molecule has 0 unspecified atom stereocenters. The molecule has 0 atom stereocenters. The third-order valence-corrected chi connectivity index (χ3v) is 1.81. The van der Waals surface area contributed by atoms with Crippen molar-refractivity contribution in [2.24, 2.45) is 0 Å². The molecular weight excluding hydrogens is 172 g/mol. The quantitative estimate of drug-likeness (QED) is 0.699. The second-order valence-electron chi connectivity index (χ2n) is 2.38. The molecule has 0 aliphatic rings. The van der Waals surface area contributed by atoms with Crippen molar-refractivity contribution in [2.45, 2.75) is 0 Å². The summed E-state index contributed by atoms with van der Waals surface area (Å²) >= 11 is 5.91. The molecule has 0 aliphatic carbocycles. The number of hydrogen-bond acceptors (Lipinski definition) is 1. The number of hydrogen-bond donors (Lipinski definition) is 0. The first-order chi connectivity index (χ1) is 5.84. The molecule has 1 nitrogen and oxygen atoms in total. The first-order valence-electron chi connectivity index (χ1n) is 3.74. The maximum absolute atomic E-state index is 5.91. The minimum atomic E-state index is 0.616. The van der Waals surface area contributed by atoms with E-state index in [1.165, 1.54) is 0 Å². The Kier molecular flexibility index (Phi) is 3.85. The molecular formula is C10H11ClO. The molecule has 0 amide bonds. The van der Waals surface area contributed by atoms with Gasteiger partial charge in [-0.05, 0) is 11.6 Å². The Labute approximate surface area is 77.6 Å². The molecule has 0 N–H and O–H groups in total. The lowest BCUT2D eigenvalue weighted by Gasteiger charge is -1.95. The molecule has 0 bridgehead atoms. The van der Waals surface area contributed by atoms with Crippen molar-refractivity contribution in [2.75, 3.05) is 13.7 Å². The zero-order valence-electron chi connectivity index (χ0n) is 6.96. The highest BCUT2D eigenvalue weighted by Crippen LogP contribution is 2.15. The first kappa shape index (κ1) is 9.30. The summed E-state index contributed by atoms with van der Waals surface area (Å²) in [4.78, 5) is 0. The Hall–Kier alpha value is -0.790. The zero-order valence-corrected chi connectivity index (χ0v) is 7.71. The van der Waals surface area contributed by atoms with Crippen LogP contribution in [0.25, 0.3) is 6.08 Å². The van der Waals surface area contributed by atoms with Gasteiger partial charge in [0.2, 0.25) is 0 Å². The molecule has 0 radical (unpaired) electrons. The molecule has 1 aromatic rings. The maximum atomic E-state index is 5.91. The number of halogens is 1. The molecule has 0 aliphatic heterocycles. The summed E-state index contributed by atoms with van der Waals surface area (Å²) in [6.07, 6.45) is 3.88. The fraction of sp³-hybridized carbons (Fsp3) is 0.200. The van der Waals surface area contributed by atoms with Gasteiger partial charge in [0.15, 0.2) is 0 Å². The molecule has 64 valence electrons. The van der Waals surface area contributed by atoms with Crippen LogP contribution in [0.2, 0.25) is 5.02 Å². The van der Waals surface area contributed by atoms with Crippen LogP contribution in [0, 0.1) is 0 Å². The van der Waals surface area contributed by atoms with Crippen molar-refractivity contribution < 1.29 is 4.74 Å². The monoisotopic (exact) mass is 182 g/mol. The maximum Gasteiger partial charge on any atom is 0.0646 e. The van der Waals surface area contributed by atoms with E-state index < -0.39 is 0 Å². The van der Waals surface area contributed by atoms with Crippen molar-refractivity contribution in [3.63, 3.8) is 0 Å². The fourth-order valence-electron chi connectivity index (χ4n) is 0.882. The molecule has 0 fully saturated rings. The summed E-state index contributed by atoms with van der Waals surface area (Å²) in [6.45, 7) is 0.616. The minimum Gasteiger partial charge on any atom is -0.381 e. The summed E-state index contributed by atoms with van der Waals surface area (Å²) in [5.74, 6) is 0. The van der Waals surface area contributed by atoms with E-state index in [9.17, 15) is 0 Å². The van der Waals surface area contributed by atoms with Gasteiger partial charge in [-0.2, -0.15) is 0 Å². The van der Waals surface area contributed by atoms with Gasteiger partial charge < -0.3 is 4.74 Å². The molecule has 0 heterocycles. The van der Waals surface area contributed by atoms with Crippen molar-refractivity contribution >= 4 is 17.7 Å². The summed E-state index contributed by atoms with van der Waals surface area (Å²) in [7, 11) is 1.66. The van der Waals surface area contributed by atoms with Crippen LogP contribution in [0.4, 0.5) is 0 Å². The summed E-state index contributed by atoms with van der Waals surface area (Å²) < 4.78 is 4.87. The Balaban J connectivity index is 2.68. The van der Waals surface area contributed by atoms with Gasteiger partial charge in [-0.3, -0.25) is 0 Å². The average molecular weight is 183 g/mol. The van der Waals surface area contributed by atoms with E-state index in [-0.39, 0.29) is 0 Å². The van der Waals surface area contributed by atoms with Gasteiger partial charge in [0.25, 0.3) is 0 Å². The van der Waals surface area contributed by atoms with Gasteiger partial charge in [-0.25, -0.2) is 0 Å². The fourth-order valence-corrected chi connectivity index (χ4v) is 1.08. The highest BCUT2D eigenvalue weighted by atomic mass is 35.5. The number of rotatable bonds is 3. The average Bonchev–Trinajstić information content (AvgIpc) is 2.09. The summed E-state index contributed by atoms with van der Waals surface area (Å²) in [5.41, 5.74) is 1.02. The van der Waals surface area contributed by atoms with Crippen molar-refractivity contribution in [1.29, 1.82) is 0 Å². The lowest BCUT2D eigenvalue weighted by molar-refractivity contribution is 0.234. The third kappa shape index (κ3) is 2.68. The van der Waals surface area contributed by atoms with Gasteiger partial charge in [0, 0.05) is 12.1 Å². The van der Waals surface area contributed by atoms with Crippen LogP contribution in [0.5, 0.6) is 0 Å². The van der Waals surface area contributed by atoms with Crippen molar-refractivity contribution in [1.82, 2.24) is 0 Å². The highest BCUT2D eigenvalue weighted by molar-refractivity contribution is 6.32. The van der Waals surface area contributed by atoms with Crippen LogP contribution in [-0.2, 0) is 4.74 Å².